The fourth-order valence-corrected chi connectivity index (χ4v) is 2.51. The highest BCUT2D eigenvalue weighted by atomic mass is 28.3. The van der Waals surface area contributed by atoms with Gasteiger partial charge in [-0.3, -0.25) is 0 Å². The first-order valence-corrected chi connectivity index (χ1v) is 9.82. The van der Waals surface area contributed by atoms with Gasteiger partial charge in [-0.05, 0) is 25.7 Å². The molecule has 1 N–H and O–H groups in total. The maximum absolute atomic E-state index is 11.4. The number of carbonyl (C=O) groups is 1. The fraction of sp³-hybridized carbons (Fsp3) is 0.769. The molecule has 0 bridgehead atoms. The molecule has 96 valence electrons. The van der Waals surface area contributed by atoms with E-state index in [4.69, 9.17) is 4.74 Å². The van der Waals surface area contributed by atoms with E-state index in [1.54, 1.807) is 7.05 Å². The first-order chi connectivity index (χ1) is 7.87. The molecule has 3 nitrogen and oxygen atoms in total. The molecule has 0 spiro atoms. The van der Waals surface area contributed by atoms with Crippen LogP contribution in [0.2, 0.25) is 19.6 Å². The lowest BCUT2D eigenvalue weighted by atomic mass is 9.85. The van der Waals surface area contributed by atoms with Gasteiger partial charge in [-0.1, -0.05) is 32.0 Å². The molecule has 0 aromatic rings. The van der Waals surface area contributed by atoms with Gasteiger partial charge < -0.3 is 10.1 Å². The number of ether oxygens (including phenoxy) is 1. The molecular formula is C13H23NO2Si. The third kappa shape index (κ3) is 4.82. The summed E-state index contributed by atoms with van der Waals surface area (Å²) in [7, 11) is 0.166. The molecule has 0 aliphatic heterocycles. The van der Waals surface area contributed by atoms with E-state index in [1.165, 1.54) is 6.42 Å². The molecule has 0 aromatic carbocycles. The molecule has 1 rings (SSSR count). The van der Waals surface area contributed by atoms with Crippen LogP contribution in [0, 0.1) is 11.5 Å². The van der Waals surface area contributed by atoms with Crippen LogP contribution in [0.1, 0.15) is 32.1 Å². The van der Waals surface area contributed by atoms with E-state index in [0.717, 1.165) is 25.7 Å². The Morgan fingerprint density at radius 3 is 2.29 bits per heavy atom. The largest absolute Gasteiger partial charge is 0.430 e. The van der Waals surface area contributed by atoms with Crippen LogP contribution >= 0.6 is 0 Å². The van der Waals surface area contributed by atoms with E-state index >= 15 is 0 Å². The Bertz CT molecular complexity index is 330. The van der Waals surface area contributed by atoms with E-state index in [9.17, 15) is 4.79 Å². The number of alkyl carbamates (subject to hydrolysis) is 1. The fourth-order valence-electron chi connectivity index (χ4n) is 1.91. The lowest BCUT2D eigenvalue weighted by Crippen LogP contribution is -2.39. The topological polar surface area (TPSA) is 38.3 Å². The van der Waals surface area contributed by atoms with Crippen molar-refractivity contribution in [2.24, 2.45) is 0 Å². The Kier molecular flexibility index (Phi) is 4.64. The lowest BCUT2D eigenvalue weighted by Gasteiger charge is -2.32. The number of amides is 1. The smallest absolute Gasteiger partial charge is 0.408 e. The van der Waals surface area contributed by atoms with Crippen LogP contribution in [0.4, 0.5) is 4.79 Å². The van der Waals surface area contributed by atoms with Gasteiger partial charge in [0.15, 0.2) is 5.60 Å². The van der Waals surface area contributed by atoms with Crippen molar-refractivity contribution in [3.05, 3.63) is 0 Å². The van der Waals surface area contributed by atoms with Crippen molar-refractivity contribution in [2.45, 2.75) is 57.3 Å². The zero-order chi connectivity index (χ0) is 12.9. The first kappa shape index (κ1) is 14.1. The summed E-state index contributed by atoms with van der Waals surface area (Å²) >= 11 is 0. The van der Waals surface area contributed by atoms with E-state index in [0.29, 0.717) is 0 Å². The van der Waals surface area contributed by atoms with E-state index in [2.05, 4.69) is 36.4 Å². The van der Waals surface area contributed by atoms with Crippen molar-refractivity contribution in [1.82, 2.24) is 5.32 Å². The quantitative estimate of drug-likeness (QED) is 0.576. The zero-order valence-corrected chi connectivity index (χ0v) is 12.4. The van der Waals surface area contributed by atoms with Crippen molar-refractivity contribution in [1.29, 1.82) is 0 Å². The highest BCUT2D eigenvalue weighted by Gasteiger charge is 2.34. The number of rotatable bonds is 1. The number of nitrogens with one attached hydrogen (secondary N) is 1. The summed E-state index contributed by atoms with van der Waals surface area (Å²) in [6, 6.07) is 0. The highest BCUT2D eigenvalue weighted by Crippen LogP contribution is 2.31. The average Bonchev–Trinajstić information content (AvgIpc) is 2.27. The summed E-state index contributed by atoms with van der Waals surface area (Å²) in [5, 5.41) is 2.52. The minimum absolute atomic E-state index is 0.364. The highest BCUT2D eigenvalue weighted by molar-refractivity contribution is 6.83. The second kappa shape index (κ2) is 5.59. The lowest BCUT2D eigenvalue weighted by molar-refractivity contribution is 0.0287. The van der Waals surface area contributed by atoms with Crippen LogP contribution in [0.3, 0.4) is 0 Å². The minimum Gasteiger partial charge on any atom is -0.430 e. The third-order valence-electron chi connectivity index (χ3n) is 2.82. The normalized spacial score (nSPS) is 18.8. The molecule has 0 atom stereocenters. The van der Waals surface area contributed by atoms with Crippen molar-refractivity contribution >= 4 is 14.2 Å². The molecule has 17 heavy (non-hydrogen) atoms. The summed E-state index contributed by atoms with van der Waals surface area (Å²) in [6.07, 6.45) is 4.79. The van der Waals surface area contributed by atoms with Crippen LogP contribution in [-0.2, 0) is 4.74 Å². The third-order valence-corrected chi connectivity index (χ3v) is 3.69. The summed E-state index contributed by atoms with van der Waals surface area (Å²) in [6.45, 7) is 6.61. The minimum atomic E-state index is -1.42. The molecule has 1 aliphatic carbocycles. The van der Waals surface area contributed by atoms with Gasteiger partial charge in [-0.25, -0.2) is 4.79 Å². The van der Waals surface area contributed by atoms with Crippen LogP contribution in [0.25, 0.3) is 0 Å². The Balaban J connectivity index is 2.84. The maximum atomic E-state index is 11.4. The standard InChI is InChI=1S/C13H23NO2Si/c1-14-12(15)16-13(8-6-5-7-9-13)10-11-17(2,3)4/h5-9H2,1-4H3,(H,14,15). The average molecular weight is 253 g/mol. The van der Waals surface area contributed by atoms with Crippen LogP contribution in [0.5, 0.6) is 0 Å². The number of carbonyl (C=O) groups excluding carboxylic acids is 1. The molecule has 0 saturated heterocycles. The van der Waals surface area contributed by atoms with Crippen molar-refractivity contribution in [2.75, 3.05) is 7.05 Å². The molecule has 0 aromatic heterocycles. The summed E-state index contributed by atoms with van der Waals surface area (Å²) < 4.78 is 5.52. The SMILES string of the molecule is CNC(=O)OC1(C#C[Si](C)(C)C)CCCCC1. The van der Waals surface area contributed by atoms with E-state index in [1.807, 2.05) is 0 Å². The van der Waals surface area contributed by atoms with Crippen molar-refractivity contribution in [3.8, 4) is 11.5 Å². The molecule has 1 amide bonds. The van der Waals surface area contributed by atoms with Gasteiger partial charge in [0.2, 0.25) is 0 Å². The van der Waals surface area contributed by atoms with Gasteiger partial charge in [-0.2, -0.15) is 0 Å². The predicted molar refractivity (Wildman–Crippen MR) is 72.5 cm³/mol. The Labute approximate surface area is 105 Å². The molecule has 1 aliphatic rings. The molecule has 1 saturated carbocycles. The van der Waals surface area contributed by atoms with Gasteiger partial charge in [0.05, 0.1) is 0 Å². The van der Waals surface area contributed by atoms with E-state index in [-0.39, 0.29) is 6.09 Å². The zero-order valence-electron chi connectivity index (χ0n) is 11.4. The van der Waals surface area contributed by atoms with Gasteiger partial charge in [0.25, 0.3) is 0 Å². The van der Waals surface area contributed by atoms with E-state index < -0.39 is 13.7 Å². The number of hydrogen-bond acceptors (Lipinski definition) is 2. The Morgan fingerprint density at radius 1 is 1.24 bits per heavy atom. The molecule has 1 fully saturated rings. The Hall–Kier alpha value is -0.953. The van der Waals surface area contributed by atoms with Crippen LogP contribution in [0.15, 0.2) is 0 Å². The van der Waals surface area contributed by atoms with Gasteiger partial charge in [-0.15, -0.1) is 5.54 Å². The van der Waals surface area contributed by atoms with Crippen molar-refractivity contribution in [3.63, 3.8) is 0 Å². The monoisotopic (exact) mass is 253 g/mol. The van der Waals surface area contributed by atoms with Crippen LogP contribution in [-0.4, -0.2) is 26.8 Å². The maximum Gasteiger partial charge on any atom is 0.408 e. The molecule has 4 heteroatoms. The second-order valence-corrected chi connectivity index (χ2v) is 10.4. The predicted octanol–water partition coefficient (Wildman–Crippen LogP) is 2.93. The summed E-state index contributed by atoms with van der Waals surface area (Å²) in [5.74, 6) is 3.27. The van der Waals surface area contributed by atoms with Gasteiger partial charge >= 0.3 is 6.09 Å². The molecular weight excluding hydrogens is 230 g/mol. The van der Waals surface area contributed by atoms with Crippen LogP contribution < -0.4 is 5.32 Å². The van der Waals surface area contributed by atoms with Crippen molar-refractivity contribution < 1.29 is 9.53 Å². The summed E-state index contributed by atoms with van der Waals surface area (Å²) in [4.78, 5) is 11.4. The molecule has 0 unspecified atom stereocenters. The van der Waals surface area contributed by atoms with Gasteiger partial charge in [0.1, 0.15) is 8.07 Å². The first-order valence-electron chi connectivity index (χ1n) is 6.32. The van der Waals surface area contributed by atoms with Gasteiger partial charge in [0, 0.05) is 7.05 Å². The Morgan fingerprint density at radius 2 is 1.82 bits per heavy atom. The molecule has 0 radical (unpaired) electrons. The molecule has 0 heterocycles. The second-order valence-electron chi connectivity index (χ2n) is 5.69. The summed E-state index contributed by atoms with van der Waals surface area (Å²) in [5.41, 5.74) is 2.82. The number of hydrogen-bond donors (Lipinski definition) is 1.